The predicted octanol–water partition coefficient (Wildman–Crippen LogP) is 5.00. The zero-order valence-electron chi connectivity index (χ0n) is 9.36. The van der Waals surface area contributed by atoms with E-state index in [0.717, 1.165) is 11.1 Å². The Kier molecular flexibility index (Phi) is 6.72. The van der Waals surface area contributed by atoms with Crippen molar-refractivity contribution in [1.29, 1.82) is 0 Å². The maximum atomic E-state index is 12.0. The summed E-state index contributed by atoms with van der Waals surface area (Å²) >= 11 is 4.24. The van der Waals surface area contributed by atoms with Gasteiger partial charge in [-0.2, -0.15) is 0 Å². The summed E-state index contributed by atoms with van der Waals surface area (Å²) in [4.78, 5) is 12.0. The second-order valence-electron chi connectivity index (χ2n) is 3.56. The third-order valence-corrected chi connectivity index (χ3v) is 2.35. The number of hydrogen-bond donors (Lipinski definition) is 0. The highest BCUT2D eigenvalue weighted by molar-refractivity contribution is 15.0. The van der Waals surface area contributed by atoms with Crippen molar-refractivity contribution in [3.63, 3.8) is 0 Å². The van der Waals surface area contributed by atoms with Gasteiger partial charge in [-0.3, -0.25) is 4.79 Å². The van der Waals surface area contributed by atoms with Crippen molar-refractivity contribution in [2.45, 2.75) is 6.92 Å². The predicted molar refractivity (Wildman–Crippen MR) is 89.1 cm³/mol. The van der Waals surface area contributed by atoms with Gasteiger partial charge in [0.2, 0.25) is 0 Å². The molecule has 3 heteroatoms. The lowest BCUT2D eigenvalue weighted by atomic mass is 10.0. The zero-order chi connectivity index (χ0) is 12.7. The molecule has 88 valence electrons. The third-order valence-electron chi connectivity index (χ3n) is 2.35. The number of aryl methyl sites for hydroxylation is 1. The Balaban J connectivity index is 0.000000686. The summed E-state index contributed by atoms with van der Waals surface area (Å²) in [5, 5.41) is 0. The topological polar surface area (TPSA) is 17.1 Å². The van der Waals surface area contributed by atoms with Gasteiger partial charge in [-0.15, -0.1) is 0 Å². The number of halogens is 2. The fourth-order valence-corrected chi connectivity index (χ4v) is 1.46. The molecule has 2 aromatic carbocycles. The fourth-order valence-electron chi connectivity index (χ4n) is 1.46. The van der Waals surface area contributed by atoms with Crippen LogP contribution >= 0.6 is 37.2 Å². The van der Waals surface area contributed by atoms with E-state index in [1.54, 1.807) is 0 Å². The molecule has 0 aliphatic rings. The Morgan fingerprint density at radius 3 is 1.82 bits per heavy atom. The second kappa shape index (κ2) is 7.81. The molecule has 2 aromatic rings. The summed E-state index contributed by atoms with van der Waals surface area (Å²) < 4.78 is 0. The van der Waals surface area contributed by atoms with Crippen LogP contribution < -0.4 is 0 Å². The van der Waals surface area contributed by atoms with Gasteiger partial charge in [0.05, 0.1) is 0 Å². The summed E-state index contributed by atoms with van der Waals surface area (Å²) in [7, 11) is 0. The molecular weight excluding hydrogens is 438 g/mol. The quantitative estimate of drug-likeness (QED) is 0.466. The van der Waals surface area contributed by atoms with Crippen molar-refractivity contribution in [1.82, 2.24) is 0 Å². The normalized spacial score (nSPS) is 9.12. The van der Waals surface area contributed by atoms with E-state index in [1.807, 2.05) is 61.5 Å². The maximum Gasteiger partial charge on any atom is 0.193 e. The summed E-state index contributed by atoms with van der Waals surface area (Å²) in [5.41, 5.74) is 2.65. The highest BCUT2D eigenvalue weighted by atomic mass is 128. The third kappa shape index (κ3) is 4.39. The number of benzene rings is 2. The molecule has 0 atom stereocenters. The monoisotopic (exact) mass is 450 g/mol. The van der Waals surface area contributed by atoms with Crippen molar-refractivity contribution in [2.24, 2.45) is 0 Å². The van der Waals surface area contributed by atoms with Gasteiger partial charge in [-0.1, -0.05) is 60.2 Å². The highest BCUT2D eigenvalue weighted by Gasteiger charge is 2.06. The lowest BCUT2D eigenvalue weighted by Gasteiger charge is -2.00. The second-order valence-corrected chi connectivity index (χ2v) is 3.56. The van der Waals surface area contributed by atoms with Crippen molar-refractivity contribution in [2.75, 3.05) is 0 Å². The van der Waals surface area contributed by atoms with Crippen LogP contribution in [0, 0.1) is 6.92 Å². The number of carbonyl (C=O) groups excluding carboxylic acids is 1. The van der Waals surface area contributed by atoms with E-state index in [9.17, 15) is 4.79 Å². The van der Waals surface area contributed by atoms with E-state index < -0.39 is 0 Å². The van der Waals surface area contributed by atoms with Crippen LogP contribution in [0.4, 0.5) is 0 Å². The lowest BCUT2D eigenvalue weighted by molar-refractivity contribution is 0.103. The van der Waals surface area contributed by atoms with E-state index in [2.05, 4.69) is 37.2 Å². The van der Waals surface area contributed by atoms with E-state index in [4.69, 9.17) is 0 Å². The molecule has 0 radical (unpaired) electrons. The number of carbonyl (C=O) groups is 1. The van der Waals surface area contributed by atoms with Crippen LogP contribution in [-0.4, -0.2) is 5.78 Å². The Labute approximate surface area is 125 Å². The maximum absolute atomic E-state index is 12.0. The molecule has 0 aliphatic heterocycles. The highest BCUT2D eigenvalue weighted by Crippen LogP contribution is 2.10. The van der Waals surface area contributed by atoms with Crippen molar-refractivity contribution in [3.8, 4) is 0 Å². The number of rotatable bonds is 2. The first-order chi connectivity index (χ1) is 8.27. The molecular formula is C14H12I2O. The van der Waals surface area contributed by atoms with Gasteiger partial charge in [0.15, 0.2) is 5.78 Å². The van der Waals surface area contributed by atoms with Crippen molar-refractivity contribution < 1.29 is 4.79 Å². The SMILES string of the molecule is Cc1ccc(C(=O)c2ccccc2)cc1.II. The first-order valence-electron chi connectivity index (χ1n) is 5.08. The lowest BCUT2D eigenvalue weighted by Crippen LogP contribution is -2.00. The van der Waals surface area contributed by atoms with Crippen LogP contribution in [-0.2, 0) is 0 Å². The summed E-state index contributed by atoms with van der Waals surface area (Å²) in [5.74, 6) is 0.0793. The van der Waals surface area contributed by atoms with Gasteiger partial charge in [0.1, 0.15) is 0 Å². The molecule has 0 bridgehead atoms. The van der Waals surface area contributed by atoms with Gasteiger partial charge in [0.25, 0.3) is 0 Å². The van der Waals surface area contributed by atoms with Crippen LogP contribution in [0.15, 0.2) is 54.6 Å². The molecule has 17 heavy (non-hydrogen) atoms. The standard InChI is InChI=1S/C14H12O.I2/c1-11-7-9-13(10-8-11)14(15)12-5-3-2-4-6-12;1-2/h2-10H,1H3;. The molecule has 0 aromatic heterocycles. The Hall–Kier alpha value is -0.430. The Bertz CT molecular complexity index is 463. The largest absolute Gasteiger partial charge is 0.289 e. The Morgan fingerprint density at radius 1 is 0.824 bits per heavy atom. The van der Waals surface area contributed by atoms with Gasteiger partial charge in [-0.25, -0.2) is 0 Å². The molecule has 0 spiro atoms. The van der Waals surface area contributed by atoms with Crippen molar-refractivity contribution >= 4 is 43.0 Å². The molecule has 1 nitrogen and oxygen atoms in total. The molecule has 0 heterocycles. The minimum absolute atomic E-state index is 0.0793. The van der Waals surface area contributed by atoms with E-state index in [1.165, 1.54) is 5.56 Å². The van der Waals surface area contributed by atoms with Crippen LogP contribution in [0.3, 0.4) is 0 Å². The molecule has 0 saturated carbocycles. The Morgan fingerprint density at radius 2 is 1.29 bits per heavy atom. The minimum Gasteiger partial charge on any atom is -0.289 e. The summed E-state index contributed by atoms with van der Waals surface area (Å²) in [6, 6.07) is 17.0. The van der Waals surface area contributed by atoms with Crippen LogP contribution in [0.1, 0.15) is 21.5 Å². The molecule has 0 saturated heterocycles. The zero-order valence-corrected chi connectivity index (χ0v) is 13.7. The molecule has 0 N–H and O–H groups in total. The first kappa shape index (κ1) is 14.6. The van der Waals surface area contributed by atoms with Crippen molar-refractivity contribution in [3.05, 3.63) is 71.3 Å². The molecule has 0 aliphatic carbocycles. The average molecular weight is 450 g/mol. The molecule has 0 unspecified atom stereocenters. The minimum atomic E-state index is 0.0793. The number of hydrogen-bond acceptors (Lipinski definition) is 1. The summed E-state index contributed by atoms with van der Waals surface area (Å²) in [6.45, 7) is 2.01. The van der Waals surface area contributed by atoms with Gasteiger partial charge in [0, 0.05) is 48.4 Å². The summed E-state index contributed by atoms with van der Waals surface area (Å²) in [6.07, 6.45) is 0. The van der Waals surface area contributed by atoms with Gasteiger partial charge < -0.3 is 0 Å². The van der Waals surface area contributed by atoms with E-state index in [0.29, 0.717) is 0 Å². The smallest absolute Gasteiger partial charge is 0.193 e. The van der Waals surface area contributed by atoms with Crippen LogP contribution in [0.25, 0.3) is 0 Å². The van der Waals surface area contributed by atoms with Gasteiger partial charge in [-0.05, 0) is 6.92 Å². The molecule has 0 amide bonds. The first-order valence-corrected chi connectivity index (χ1v) is 11.4. The van der Waals surface area contributed by atoms with E-state index >= 15 is 0 Å². The van der Waals surface area contributed by atoms with Gasteiger partial charge >= 0.3 is 0 Å². The van der Waals surface area contributed by atoms with E-state index in [-0.39, 0.29) is 5.78 Å². The molecule has 0 fully saturated rings. The van der Waals surface area contributed by atoms with Crippen LogP contribution in [0.2, 0.25) is 0 Å². The van der Waals surface area contributed by atoms with Crippen LogP contribution in [0.5, 0.6) is 0 Å². The molecule has 2 rings (SSSR count). The number of ketones is 1. The fraction of sp³-hybridized carbons (Fsp3) is 0.0714. The average Bonchev–Trinajstić information content (AvgIpc) is 2.42.